The molecule has 148 valence electrons. The van der Waals surface area contributed by atoms with Crippen LogP contribution >= 0.6 is 24.0 Å². The molecule has 0 radical (unpaired) electrons. The summed E-state index contributed by atoms with van der Waals surface area (Å²) in [4.78, 5) is 9.23. The highest BCUT2D eigenvalue weighted by atomic mass is 127. The van der Waals surface area contributed by atoms with E-state index < -0.39 is 9.84 Å². The van der Waals surface area contributed by atoms with E-state index in [9.17, 15) is 8.42 Å². The number of aliphatic imine (C=N–C) groups is 1. The largest absolute Gasteiger partial charge is 0.378 e. The van der Waals surface area contributed by atoms with Gasteiger partial charge in [-0.05, 0) is 26.7 Å². The summed E-state index contributed by atoms with van der Waals surface area (Å²) in [6.07, 6.45) is 2.47. The third-order valence-electron chi connectivity index (χ3n) is 4.59. The van der Waals surface area contributed by atoms with Gasteiger partial charge in [0, 0.05) is 45.9 Å². The smallest absolute Gasteiger partial charge is 0.193 e. The van der Waals surface area contributed by atoms with Gasteiger partial charge >= 0.3 is 0 Å². The molecular formula is C16H33IN4O3S. The van der Waals surface area contributed by atoms with E-state index in [2.05, 4.69) is 22.0 Å². The molecule has 9 heteroatoms. The molecule has 2 aliphatic rings. The lowest BCUT2D eigenvalue weighted by molar-refractivity contribution is 0.0263. The van der Waals surface area contributed by atoms with Crippen LogP contribution in [0.4, 0.5) is 0 Å². The van der Waals surface area contributed by atoms with Crippen LogP contribution in [0.3, 0.4) is 0 Å². The van der Waals surface area contributed by atoms with Crippen molar-refractivity contribution in [2.75, 3.05) is 63.9 Å². The van der Waals surface area contributed by atoms with Gasteiger partial charge in [-0.1, -0.05) is 0 Å². The minimum absolute atomic E-state index is 0. The van der Waals surface area contributed by atoms with Crippen LogP contribution in [0.25, 0.3) is 0 Å². The topological polar surface area (TPSA) is 74.2 Å². The Morgan fingerprint density at radius 2 is 1.80 bits per heavy atom. The second kappa shape index (κ2) is 11.6. The summed E-state index contributed by atoms with van der Waals surface area (Å²) < 4.78 is 28.6. The fourth-order valence-corrected chi connectivity index (χ4v) is 4.44. The molecule has 0 amide bonds. The Labute approximate surface area is 169 Å². The monoisotopic (exact) mass is 488 g/mol. The van der Waals surface area contributed by atoms with Crippen LogP contribution in [0, 0.1) is 0 Å². The van der Waals surface area contributed by atoms with Gasteiger partial charge in [0.25, 0.3) is 0 Å². The zero-order chi connectivity index (χ0) is 17.4. The highest BCUT2D eigenvalue weighted by Crippen LogP contribution is 2.13. The van der Waals surface area contributed by atoms with Crippen molar-refractivity contribution in [2.24, 2.45) is 4.99 Å². The number of hydrogen-bond acceptors (Lipinski definition) is 5. The minimum Gasteiger partial charge on any atom is -0.378 e. The Kier molecular flexibility index (Phi) is 10.6. The third-order valence-corrected chi connectivity index (χ3v) is 6.20. The second-order valence-electron chi connectivity index (χ2n) is 6.37. The standard InChI is InChI=1S/C16H32N4O3S.HI/c1-3-17-16(20-8-5-15(6-9-20)23-4-2)18-7-10-19-11-13-24(21,22)14-12-19;/h15H,3-14H2,1-2H3,(H,17,18);1H. The first-order valence-electron chi connectivity index (χ1n) is 9.11. The number of piperidine rings is 1. The zero-order valence-electron chi connectivity index (χ0n) is 15.4. The van der Waals surface area contributed by atoms with E-state index in [0.29, 0.717) is 25.7 Å². The molecular weight excluding hydrogens is 455 g/mol. The van der Waals surface area contributed by atoms with E-state index >= 15 is 0 Å². The van der Waals surface area contributed by atoms with Gasteiger partial charge in [-0.3, -0.25) is 9.89 Å². The van der Waals surface area contributed by atoms with Gasteiger partial charge in [-0.2, -0.15) is 0 Å². The Balaban J connectivity index is 0.00000312. The molecule has 2 fully saturated rings. The van der Waals surface area contributed by atoms with E-state index in [0.717, 1.165) is 51.6 Å². The Morgan fingerprint density at radius 3 is 2.36 bits per heavy atom. The highest BCUT2D eigenvalue weighted by molar-refractivity contribution is 14.0. The molecule has 2 aliphatic heterocycles. The maximum absolute atomic E-state index is 11.5. The van der Waals surface area contributed by atoms with Gasteiger partial charge in [-0.25, -0.2) is 8.42 Å². The molecule has 25 heavy (non-hydrogen) atoms. The van der Waals surface area contributed by atoms with Gasteiger partial charge in [0.2, 0.25) is 0 Å². The molecule has 0 aliphatic carbocycles. The first-order valence-corrected chi connectivity index (χ1v) is 10.9. The van der Waals surface area contributed by atoms with E-state index in [1.807, 2.05) is 6.92 Å². The fraction of sp³-hybridized carbons (Fsp3) is 0.938. The summed E-state index contributed by atoms with van der Waals surface area (Å²) in [5.41, 5.74) is 0. The summed E-state index contributed by atoms with van der Waals surface area (Å²) >= 11 is 0. The van der Waals surface area contributed by atoms with Crippen LogP contribution in [0.2, 0.25) is 0 Å². The molecule has 0 spiro atoms. The Hall–Kier alpha value is -0.130. The highest BCUT2D eigenvalue weighted by Gasteiger charge is 2.23. The fourth-order valence-electron chi connectivity index (χ4n) is 3.17. The zero-order valence-corrected chi connectivity index (χ0v) is 18.6. The number of nitrogens with one attached hydrogen (secondary N) is 1. The van der Waals surface area contributed by atoms with Gasteiger partial charge in [0.15, 0.2) is 15.8 Å². The van der Waals surface area contributed by atoms with E-state index in [1.165, 1.54) is 0 Å². The lowest BCUT2D eigenvalue weighted by Gasteiger charge is -2.34. The SMILES string of the molecule is CCNC(=NCCN1CCS(=O)(=O)CC1)N1CCC(OCC)CC1.I. The Bertz CT molecular complexity index is 494. The number of ether oxygens (including phenoxy) is 1. The molecule has 2 heterocycles. The molecule has 0 aromatic carbocycles. The van der Waals surface area contributed by atoms with Crippen LogP contribution in [-0.2, 0) is 14.6 Å². The molecule has 0 unspecified atom stereocenters. The van der Waals surface area contributed by atoms with Gasteiger partial charge in [0.05, 0.1) is 24.2 Å². The molecule has 0 bridgehead atoms. The van der Waals surface area contributed by atoms with Gasteiger partial charge in [0.1, 0.15) is 0 Å². The number of halogens is 1. The van der Waals surface area contributed by atoms with Crippen molar-refractivity contribution < 1.29 is 13.2 Å². The molecule has 0 aromatic heterocycles. The van der Waals surface area contributed by atoms with Gasteiger partial charge < -0.3 is 15.0 Å². The number of guanidine groups is 1. The van der Waals surface area contributed by atoms with Crippen molar-refractivity contribution in [2.45, 2.75) is 32.8 Å². The molecule has 1 N–H and O–H groups in total. The average Bonchev–Trinajstić information content (AvgIpc) is 2.57. The second-order valence-corrected chi connectivity index (χ2v) is 8.67. The Morgan fingerprint density at radius 1 is 1.16 bits per heavy atom. The van der Waals surface area contributed by atoms with Crippen molar-refractivity contribution in [1.29, 1.82) is 0 Å². The summed E-state index contributed by atoms with van der Waals surface area (Å²) in [6, 6.07) is 0. The summed E-state index contributed by atoms with van der Waals surface area (Å²) in [6.45, 7) is 10.5. The number of likely N-dealkylation sites (tertiary alicyclic amines) is 1. The molecule has 0 saturated carbocycles. The van der Waals surface area contributed by atoms with E-state index in [-0.39, 0.29) is 35.5 Å². The first kappa shape index (κ1) is 22.9. The summed E-state index contributed by atoms with van der Waals surface area (Å²) in [5, 5.41) is 3.37. The number of rotatable bonds is 6. The van der Waals surface area contributed by atoms with Crippen LogP contribution < -0.4 is 5.32 Å². The van der Waals surface area contributed by atoms with Crippen LogP contribution in [-0.4, -0.2) is 94.2 Å². The van der Waals surface area contributed by atoms with Crippen molar-refractivity contribution in [3.63, 3.8) is 0 Å². The average molecular weight is 488 g/mol. The maximum Gasteiger partial charge on any atom is 0.193 e. The van der Waals surface area contributed by atoms with Crippen molar-refractivity contribution in [3.8, 4) is 0 Å². The lowest BCUT2D eigenvalue weighted by atomic mass is 10.1. The minimum atomic E-state index is -2.80. The number of hydrogen-bond donors (Lipinski definition) is 1. The van der Waals surface area contributed by atoms with Crippen LogP contribution in [0.1, 0.15) is 26.7 Å². The van der Waals surface area contributed by atoms with Crippen molar-refractivity contribution in [1.82, 2.24) is 15.1 Å². The molecule has 0 aromatic rings. The van der Waals surface area contributed by atoms with Crippen LogP contribution in [0.15, 0.2) is 4.99 Å². The van der Waals surface area contributed by atoms with E-state index in [1.54, 1.807) is 0 Å². The van der Waals surface area contributed by atoms with Crippen LogP contribution in [0.5, 0.6) is 0 Å². The summed E-state index contributed by atoms with van der Waals surface area (Å²) in [5.74, 6) is 1.53. The number of nitrogens with zero attached hydrogens (tertiary/aromatic N) is 3. The van der Waals surface area contributed by atoms with E-state index in [4.69, 9.17) is 9.73 Å². The van der Waals surface area contributed by atoms with Crippen molar-refractivity contribution >= 4 is 39.8 Å². The van der Waals surface area contributed by atoms with Gasteiger partial charge in [-0.15, -0.1) is 24.0 Å². The number of sulfone groups is 1. The quantitative estimate of drug-likeness (QED) is 0.339. The third kappa shape index (κ3) is 7.96. The lowest BCUT2D eigenvalue weighted by Crippen LogP contribution is -2.47. The summed E-state index contributed by atoms with van der Waals surface area (Å²) in [7, 11) is -2.80. The molecule has 2 rings (SSSR count). The van der Waals surface area contributed by atoms with Crippen molar-refractivity contribution in [3.05, 3.63) is 0 Å². The predicted octanol–water partition coefficient (Wildman–Crippen LogP) is 0.801. The first-order chi connectivity index (χ1) is 11.5. The molecule has 0 atom stereocenters. The predicted molar refractivity (Wildman–Crippen MR) is 113 cm³/mol. The molecule has 7 nitrogen and oxygen atoms in total. The normalized spacial score (nSPS) is 22.5. The molecule has 2 saturated heterocycles. The maximum atomic E-state index is 11.5.